The third-order valence-corrected chi connectivity index (χ3v) is 4.79. The van der Waals surface area contributed by atoms with Crippen molar-refractivity contribution in [3.8, 4) is 0 Å². The minimum Gasteiger partial charge on any atom is -0.481 e. The van der Waals surface area contributed by atoms with E-state index in [9.17, 15) is 17.6 Å². The Morgan fingerprint density at radius 1 is 1.42 bits per heavy atom. The molecule has 104 valence electrons. The van der Waals surface area contributed by atoms with Crippen molar-refractivity contribution in [3.63, 3.8) is 0 Å². The maximum Gasteiger partial charge on any atom is 0.306 e. The van der Waals surface area contributed by atoms with Gasteiger partial charge in [0, 0.05) is 6.04 Å². The zero-order valence-corrected chi connectivity index (χ0v) is 11.1. The zero-order chi connectivity index (χ0) is 14.2. The summed E-state index contributed by atoms with van der Waals surface area (Å²) in [5.74, 6) is -2.23. The molecule has 2 N–H and O–H groups in total. The van der Waals surface area contributed by atoms with E-state index in [0.717, 1.165) is 0 Å². The lowest BCUT2D eigenvalue weighted by molar-refractivity contribution is -0.145. The van der Waals surface area contributed by atoms with E-state index in [1.807, 2.05) is 0 Å². The molecule has 2 rings (SSSR count). The van der Waals surface area contributed by atoms with Crippen LogP contribution in [0.5, 0.6) is 0 Å². The first-order valence-corrected chi connectivity index (χ1v) is 7.30. The maximum atomic E-state index is 13.8. The monoisotopic (exact) mass is 287 g/mol. The van der Waals surface area contributed by atoms with Crippen molar-refractivity contribution >= 4 is 16.0 Å². The average Bonchev–Trinajstić information content (AvgIpc) is 2.26. The van der Waals surface area contributed by atoms with Gasteiger partial charge in [0.1, 0.15) is 10.7 Å². The highest BCUT2D eigenvalue weighted by Crippen LogP contribution is 2.29. The number of benzene rings is 1. The molecule has 0 unspecified atom stereocenters. The van der Waals surface area contributed by atoms with Gasteiger partial charge in [0.25, 0.3) is 0 Å². The van der Waals surface area contributed by atoms with Gasteiger partial charge in [0.15, 0.2) is 0 Å². The lowest BCUT2D eigenvalue weighted by Gasteiger charge is -2.32. The van der Waals surface area contributed by atoms with Crippen molar-refractivity contribution in [2.45, 2.75) is 30.7 Å². The van der Waals surface area contributed by atoms with E-state index in [4.69, 9.17) is 5.11 Å². The number of hydrogen-bond donors (Lipinski definition) is 2. The summed E-state index contributed by atoms with van der Waals surface area (Å²) < 4.78 is 40.1. The SMILES string of the molecule is Cc1cccc(S(=O)(=O)NC2CC(C(=O)O)C2)c1F. The number of rotatable bonds is 4. The topological polar surface area (TPSA) is 83.5 Å². The molecule has 0 saturated heterocycles. The highest BCUT2D eigenvalue weighted by Gasteiger charge is 2.37. The van der Waals surface area contributed by atoms with Crippen LogP contribution < -0.4 is 4.72 Å². The second kappa shape index (κ2) is 4.90. The van der Waals surface area contributed by atoms with Crippen LogP contribution in [0.2, 0.25) is 0 Å². The first kappa shape index (κ1) is 14.0. The molecule has 0 atom stereocenters. The molecule has 0 aliphatic heterocycles. The largest absolute Gasteiger partial charge is 0.481 e. The third-order valence-electron chi connectivity index (χ3n) is 3.26. The number of halogens is 1. The fraction of sp³-hybridized carbons (Fsp3) is 0.417. The number of carbonyl (C=O) groups is 1. The first-order valence-electron chi connectivity index (χ1n) is 5.81. The van der Waals surface area contributed by atoms with Crippen LogP contribution in [0, 0.1) is 18.7 Å². The minimum atomic E-state index is -3.94. The predicted molar refractivity (Wildman–Crippen MR) is 65.6 cm³/mol. The number of carboxylic acid groups (broad SMARTS) is 1. The van der Waals surface area contributed by atoms with Gasteiger partial charge in [0.2, 0.25) is 10.0 Å². The third kappa shape index (κ3) is 2.76. The van der Waals surface area contributed by atoms with Crippen LogP contribution in [0.15, 0.2) is 23.1 Å². The normalized spacial score (nSPS) is 22.8. The van der Waals surface area contributed by atoms with Crippen LogP contribution in [0.1, 0.15) is 18.4 Å². The number of nitrogens with one attached hydrogen (secondary N) is 1. The van der Waals surface area contributed by atoms with Gasteiger partial charge in [-0.25, -0.2) is 17.5 Å². The molecule has 1 fully saturated rings. The number of aliphatic carboxylic acids is 1. The Morgan fingerprint density at radius 3 is 2.63 bits per heavy atom. The Hall–Kier alpha value is -1.47. The Morgan fingerprint density at radius 2 is 2.05 bits per heavy atom. The molecule has 1 aliphatic carbocycles. The van der Waals surface area contributed by atoms with Crippen LogP contribution >= 0.6 is 0 Å². The summed E-state index contributed by atoms with van der Waals surface area (Å²) in [6.45, 7) is 1.48. The molecular formula is C12H14FNO4S. The molecule has 19 heavy (non-hydrogen) atoms. The van der Waals surface area contributed by atoms with Crippen molar-refractivity contribution in [2.75, 3.05) is 0 Å². The van der Waals surface area contributed by atoms with Crippen molar-refractivity contribution < 1.29 is 22.7 Å². The highest BCUT2D eigenvalue weighted by molar-refractivity contribution is 7.89. The minimum absolute atomic E-state index is 0.238. The zero-order valence-electron chi connectivity index (χ0n) is 10.3. The van der Waals surface area contributed by atoms with E-state index in [1.165, 1.54) is 25.1 Å². The average molecular weight is 287 g/mol. The molecule has 0 heterocycles. The van der Waals surface area contributed by atoms with Crippen molar-refractivity contribution in [2.24, 2.45) is 5.92 Å². The molecule has 5 nitrogen and oxygen atoms in total. The summed E-state index contributed by atoms with van der Waals surface area (Å²) in [6, 6.07) is 3.70. The fourth-order valence-electron chi connectivity index (χ4n) is 2.03. The van der Waals surface area contributed by atoms with Crippen molar-refractivity contribution in [1.29, 1.82) is 0 Å². The van der Waals surface area contributed by atoms with Gasteiger partial charge in [-0.1, -0.05) is 12.1 Å². The maximum absolute atomic E-state index is 13.8. The second-order valence-electron chi connectivity index (χ2n) is 4.71. The Labute approximate surface area is 110 Å². The Balaban J connectivity index is 2.12. The lowest BCUT2D eigenvalue weighted by atomic mass is 9.81. The smallest absolute Gasteiger partial charge is 0.306 e. The van der Waals surface area contributed by atoms with E-state index in [2.05, 4.69) is 4.72 Å². The standard InChI is InChI=1S/C12H14FNO4S/c1-7-3-2-4-10(11(7)13)19(17,18)14-9-5-8(6-9)12(15)16/h2-4,8-9,14H,5-6H2,1H3,(H,15,16). The molecule has 0 spiro atoms. The van der Waals surface area contributed by atoms with Crippen molar-refractivity contribution in [3.05, 3.63) is 29.6 Å². The molecule has 0 aromatic heterocycles. The summed E-state index contributed by atoms with van der Waals surface area (Å²) in [5, 5.41) is 8.71. The van der Waals surface area contributed by atoms with Gasteiger partial charge in [-0.3, -0.25) is 4.79 Å². The van der Waals surface area contributed by atoms with Crippen LogP contribution in [0.4, 0.5) is 4.39 Å². The van der Waals surface area contributed by atoms with Crippen LogP contribution in [-0.2, 0) is 14.8 Å². The van der Waals surface area contributed by atoms with E-state index in [1.54, 1.807) is 0 Å². The first-order chi connectivity index (χ1) is 8.81. The lowest BCUT2D eigenvalue weighted by Crippen LogP contribution is -2.46. The van der Waals surface area contributed by atoms with Crippen molar-refractivity contribution in [1.82, 2.24) is 4.72 Å². The molecule has 1 aliphatic rings. The van der Waals surface area contributed by atoms with Gasteiger partial charge in [-0.2, -0.15) is 0 Å². The molecule has 0 amide bonds. The summed E-state index contributed by atoms with van der Waals surface area (Å²) in [7, 11) is -3.94. The van der Waals surface area contributed by atoms with E-state index in [-0.39, 0.29) is 18.4 Å². The highest BCUT2D eigenvalue weighted by atomic mass is 32.2. The molecule has 0 radical (unpaired) electrons. The second-order valence-corrected chi connectivity index (χ2v) is 6.39. The van der Waals surface area contributed by atoms with Gasteiger partial charge in [-0.15, -0.1) is 0 Å². The molecule has 0 bridgehead atoms. The number of sulfonamides is 1. The van der Waals surface area contributed by atoms with Gasteiger partial charge in [0.05, 0.1) is 5.92 Å². The Bertz CT molecular complexity index is 608. The fourth-order valence-corrected chi connectivity index (χ4v) is 3.44. The summed E-state index contributed by atoms with van der Waals surface area (Å²) >= 11 is 0. The van der Waals surface area contributed by atoms with E-state index < -0.39 is 38.7 Å². The molecule has 1 aromatic carbocycles. The summed E-state index contributed by atoms with van der Waals surface area (Å²) in [6.07, 6.45) is 0.476. The van der Waals surface area contributed by atoms with Gasteiger partial charge >= 0.3 is 5.97 Å². The van der Waals surface area contributed by atoms with Crippen LogP contribution in [0.25, 0.3) is 0 Å². The van der Waals surface area contributed by atoms with Crippen LogP contribution in [0.3, 0.4) is 0 Å². The number of hydrogen-bond acceptors (Lipinski definition) is 3. The number of carboxylic acids is 1. The molecule has 1 saturated carbocycles. The number of aryl methyl sites for hydroxylation is 1. The van der Waals surface area contributed by atoms with Gasteiger partial charge < -0.3 is 5.11 Å². The molecule has 7 heteroatoms. The van der Waals surface area contributed by atoms with Gasteiger partial charge in [-0.05, 0) is 31.4 Å². The summed E-state index contributed by atoms with van der Waals surface area (Å²) in [5.41, 5.74) is 0.250. The molecule has 1 aromatic rings. The summed E-state index contributed by atoms with van der Waals surface area (Å²) in [4.78, 5) is 10.2. The van der Waals surface area contributed by atoms with Crippen LogP contribution in [-0.4, -0.2) is 25.5 Å². The van der Waals surface area contributed by atoms with E-state index >= 15 is 0 Å². The quantitative estimate of drug-likeness (QED) is 0.873. The molecular weight excluding hydrogens is 273 g/mol. The Kier molecular flexibility index (Phi) is 3.60. The van der Waals surface area contributed by atoms with E-state index in [0.29, 0.717) is 0 Å². The predicted octanol–water partition coefficient (Wildman–Crippen LogP) is 1.28.